The van der Waals surface area contributed by atoms with Crippen molar-refractivity contribution in [1.82, 2.24) is 24.9 Å². The molecule has 6 rings (SSSR count). The first-order valence-electron chi connectivity index (χ1n) is 10.8. The highest BCUT2D eigenvalue weighted by Gasteiger charge is 2.46. The first kappa shape index (κ1) is 20.7. The molecule has 1 aliphatic heterocycles. The topological polar surface area (TPSA) is 117 Å². The largest absolute Gasteiger partial charge is 0.493 e. The second-order valence-corrected chi connectivity index (χ2v) is 10.2. The first-order valence-corrected chi connectivity index (χ1v) is 12.0. The lowest BCUT2D eigenvalue weighted by Gasteiger charge is -2.42. The molecule has 4 N–H and O–H groups in total. The summed E-state index contributed by atoms with van der Waals surface area (Å²) in [6.07, 6.45) is 6.17. The highest BCUT2D eigenvalue weighted by Crippen LogP contribution is 2.50. The van der Waals surface area contributed by atoms with Crippen LogP contribution < -0.4 is 10.6 Å². The maximum absolute atomic E-state index is 9.63. The number of benzene rings is 1. The van der Waals surface area contributed by atoms with Gasteiger partial charge in [0.25, 0.3) is 0 Å². The van der Waals surface area contributed by atoms with Crippen molar-refractivity contribution < 1.29 is 5.11 Å². The molecule has 8 nitrogen and oxygen atoms in total. The van der Waals surface area contributed by atoms with E-state index in [0.29, 0.717) is 26.2 Å². The number of pyridine rings is 1. The Morgan fingerprint density at radius 1 is 1.15 bits per heavy atom. The fourth-order valence-electron chi connectivity index (χ4n) is 5.03. The third kappa shape index (κ3) is 3.60. The molecule has 1 fully saturated rings. The van der Waals surface area contributed by atoms with Gasteiger partial charge < -0.3 is 20.7 Å². The van der Waals surface area contributed by atoms with Crippen LogP contribution in [0.25, 0.3) is 11.3 Å². The van der Waals surface area contributed by atoms with Gasteiger partial charge in [-0.25, -0.2) is 15.0 Å². The Bertz CT molecular complexity index is 1350. The van der Waals surface area contributed by atoms with Crippen LogP contribution in [0, 0.1) is 5.41 Å². The van der Waals surface area contributed by atoms with Crippen molar-refractivity contribution in [2.24, 2.45) is 11.1 Å². The van der Waals surface area contributed by atoms with Crippen molar-refractivity contribution in [3.63, 3.8) is 0 Å². The van der Waals surface area contributed by atoms with Gasteiger partial charge in [0.1, 0.15) is 5.03 Å². The van der Waals surface area contributed by atoms with E-state index in [1.807, 2.05) is 0 Å². The van der Waals surface area contributed by atoms with E-state index < -0.39 is 0 Å². The molecule has 1 aromatic carbocycles. The first-order chi connectivity index (χ1) is 16.0. The normalized spacial score (nSPS) is 19.3. The van der Waals surface area contributed by atoms with E-state index in [1.165, 1.54) is 35.2 Å². The second kappa shape index (κ2) is 7.86. The number of H-pyrrole nitrogens is 1. The summed E-state index contributed by atoms with van der Waals surface area (Å²) in [5.74, 6) is 0.691. The minimum atomic E-state index is -0.0917. The zero-order chi connectivity index (χ0) is 22.6. The fourth-order valence-corrected chi connectivity index (χ4v) is 6.03. The van der Waals surface area contributed by atoms with Crippen molar-refractivity contribution in [3.8, 4) is 5.88 Å². The Morgan fingerprint density at radius 3 is 2.79 bits per heavy atom. The van der Waals surface area contributed by atoms with Crippen LogP contribution in [0.15, 0.2) is 52.6 Å². The maximum atomic E-state index is 9.63. The third-order valence-corrected chi connectivity index (χ3v) is 8.22. The fraction of sp³-hybridized carbons (Fsp3) is 0.304. The lowest BCUT2D eigenvalue weighted by molar-refractivity contribution is 0.187. The molecule has 0 saturated carbocycles. The zero-order valence-corrected chi connectivity index (χ0v) is 19.3. The van der Waals surface area contributed by atoms with Crippen LogP contribution in [0.5, 0.6) is 5.88 Å². The van der Waals surface area contributed by atoms with Crippen LogP contribution in [0.3, 0.4) is 0 Å². The van der Waals surface area contributed by atoms with Crippen LogP contribution >= 0.6 is 23.4 Å². The molecule has 0 amide bonds. The van der Waals surface area contributed by atoms with E-state index in [-0.39, 0.29) is 17.3 Å². The number of fused-ring (bicyclic) bond motifs is 2. The van der Waals surface area contributed by atoms with Gasteiger partial charge in [-0.1, -0.05) is 47.6 Å². The van der Waals surface area contributed by atoms with Gasteiger partial charge in [0.2, 0.25) is 11.8 Å². The minimum absolute atomic E-state index is 0.0916. The summed E-state index contributed by atoms with van der Waals surface area (Å²) in [7, 11) is 0. The van der Waals surface area contributed by atoms with Crippen molar-refractivity contribution in [2.75, 3.05) is 18.0 Å². The van der Waals surface area contributed by atoms with Crippen molar-refractivity contribution in [2.45, 2.75) is 35.2 Å². The molecule has 4 aromatic rings. The van der Waals surface area contributed by atoms with Gasteiger partial charge in [-0.3, -0.25) is 0 Å². The van der Waals surface area contributed by atoms with Crippen LogP contribution in [-0.4, -0.2) is 43.1 Å². The summed E-state index contributed by atoms with van der Waals surface area (Å²) >= 11 is 7.49. The van der Waals surface area contributed by atoms with E-state index in [9.17, 15) is 5.11 Å². The number of anilines is 1. The number of nitrogens with two attached hydrogens (primary N) is 1. The predicted octanol–water partition coefficient (Wildman–Crippen LogP) is 4.10. The number of halogens is 1. The van der Waals surface area contributed by atoms with E-state index in [4.69, 9.17) is 22.3 Å². The number of piperidine rings is 1. The molecule has 2 aliphatic rings. The Kier molecular flexibility index (Phi) is 4.93. The van der Waals surface area contributed by atoms with Gasteiger partial charge in [-0.2, -0.15) is 4.98 Å². The van der Waals surface area contributed by atoms with Gasteiger partial charge in [-0.15, -0.1) is 0 Å². The average molecular weight is 480 g/mol. The van der Waals surface area contributed by atoms with E-state index in [0.717, 1.165) is 38.3 Å². The molecule has 1 atom stereocenters. The van der Waals surface area contributed by atoms with E-state index in [1.54, 1.807) is 6.20 Å². The summed E-state index contributed by atoms with van der Waals surface area (Å²) in [6, 6.07) is 10.2. The number of hydrogen-bond acceptors (Lipinski definition) is 8. The predicted molar refractivity (Wildman–Crippen MR) is 128 cm³/mol. The van der Waals surface area contributed by atoms with Crippen LogP contribution in [0.1, 0.15) is 30.0 Å². The molecule has 0 unspecified atom stereocenters. The molecule has 0 bridgehead atoms. The number of aromatic hydroxyl groups is 1. The summed E-state index contributed by atoms with van der Waals surface area (Å²) in [6.45, 7) is 1.77. The lowest BCUT2D eigenvalue weighted by Crippen LogP contribution is -2.44. The maximum Gasteiger partial charge on any atom is 0.211 e. The smallest absolute Gasteiger partial charge is 0.211 e. The Labute approximate surface area is 199 Å². The van der Waals surface area contributed by atoms with Gasteiger partial charge in [0.15, 0.2) is 11.3 Å². The SMILES string of the molecule is N[C@@H]1c2ccccc2CC12CCN(c1nc3nc(Sc4cc(O)ncc4Cl)cnc3[nH]1)CC2. The molecule has 1 saturated heterocycles. The number of aromatic amines is 1. The van der Waals surface area contributed by atoms with E-state index in [2.05, 4.69) is 49.1 Å². The molecule has 168 valence electrons. The van der Waals surface area contributed by atoms with Crippen molar-refractivity contribution >= 4 is 40.6 Å². The third-order valence-electron chi connectivity index (χ3n) is 6.85. The summed E-state index contributed by atoms with van der Waals surface area (Å²) in [4.78, 5) is 23.8. The number of nitrogens with one attached hydrogen (secondary N) is 1. The average Bonchev–Trinajstić information content (AvgIpc) is 3.36. The molecule has 4 heterocycles. The van der Waals surface area contributed by atoms with Crippen molar-refractivity contribution in [1.29, 1.82) is 0 Å². The summed E-state index contributed by atoms with van der Waals surface area (Å²) < 4.78 is 0. The Hall–Kier alpha value is -2.88. The van der Waals surface area contributed by atoms with Gasteiger partial charge in [0.05, 0.1) is 17.4 Å². The number of imidazole rings is 1. The van der Waals surface area contributed by atoms with Gasteiger partial charge in [-0.05, 0) is 35.8 Å². The van der Waals surface area contributed by atoms with Crippen LogP contribution in [-0.2, 0) is 6.42 Å². The highest BCUT2D eigenvalue weighted by molar-refractivity contribution is 7.99. The number of rotatable bonds is 3. The quantitative estimate of drug-likeness (QED) is 0.402. The minimum Gasteiger partial charge on any atom is -0.493 e. The highest BCUT2D eigenvalue weighted by atomic mass is 35.5. The number of nitrogens with zero attached hydrogens (tertiary/aromatic N) is 5. The molecule has 10 heteroatoms. The van der Waals surface area contributed by atoms with Gasteiger partial charge in [0, 0.05) is 30.1 Å². The van der Waals surface area contributed by atoms with Crippen LogP contribution in [0.2, 0.25) is 5.02 Å². The molecule has 33 heavy (non-hydrogen) atoms. The molecule has 1 spiro atoms. The number of aromatic nitrogens is 5. The zero-order valence-electron chi connectivity index (χ0n) is 17.7. The molecule has 3 aromatic heterocycles. The number of hydrogen-bond donors (Lipinski definition) is 3. The molecule has 0 radical (unpaired) electrons. The van der Waals surface area contributed by atoms with Crippen LogP contribution in [0.4, 0.5) is 5.95 Å². The Balaban J connectivity index is 1.19. The van der Waals surface area contributed by atoms with Gasteiger partial charge >= 0.3 is 0 Å². The monoisotopic (exact) mass is 479 g/mol. The second-order valence-electron chi connectivity index (χ2n) is 8.72. The molecular formula is C23H22ClN7OS. The standard InChI is InChI=1S/C23H22ClN7OS/c24-15-11-26-17(32)9-16(15)33-18-12-27-20-21(28-18)30-22(29-20)31-7-5-23(6-8-31)10-13-3-1-2-4-14(13)19(23)25/h1-4,9,11-12,19H,5-8,10,25H2,(H,26,32)(H,27,28,29,30)/t19-/m1/s1. The van der Waals surface area contributed by atoms with E-state index >= 15 is 0 Å². The lowest BCUT2D eigenvalue weighted by atomic mass is 9.73. The molecule has 1 aliphatic carbocycles. The Morgan fingerprint density at radius 2 is 1.97 bits per heavy atom. The summed E-state index contributed by atoms with van der Waals surface area (Å²) in [5.41, 5.74) is 10.7. The summed E-state index contributed by atoms with van der Waals surface area (Å²) in [5, 5.41) is 10.7. The molecular weight excluding hydrogens is 458 g/mol. The van der Waals surface area contributed by atoms with Crippen molar-refractivity contribution in [3.05, 3.63) is 58.9 Å².